The maximum absolute atomic E-state index is 2.76. The molecule has 2 nitrogen and oxygen atoms in total. The van der Waals surface area contributed by atoms with Crippen molar-refractivity contribution in [2.24, 2.45) is 0 Å². The molecule has 0 aromatic carbocycles. The van der Waals surface area contributed by atoms with Crippen molar-refractivity contribution in [3.63, 3.8) is 0 Å². The van der Waals surface area contributed by atoms with Gasteiger partial charge in [0.25, 0.3) is 0 Å². The maximum Gasteiger partial charge on any atom is 0.0339 e. The summed E-state index contributed by atoms with van der Waals surface area (Å²) in [6, 6.07) is 0.711. The molecule has 0 amide bonds. The van der Waals surface area contributed by atoms with E-state index < -0.39 is 0 Å². The van der Waals surface area contributed by atoms with E-state index in [9.17, 15) is 0 Å². The van der Waals surface area contributed by atoms with Crippen LogP contribution in [0.15, 0.2) is 0 Å². The van der Waals surface area contributed by atoms with Crippen LogP contribution >= 0.6 is 0 Å². The van der Waals surface area contributed by atoms with E-state index >= 15 is 0 Å². The zero-order valence-corrected chi connectivity index (χ0v) is 11.7. The molecule has 2 aliphatic rings. The first-order valence-electron chi connectivity index (χ1n) is 6.87. The molecule has 1 aliphatic heterocycles. The van der Waals surface area contributed by atoms with Crippen molar-refractivity contribution >= 4 is 0 Å². The first kappa shape index (κ1) is 12.4. The molecule has 0 bridgehead atoms. The smallest absolute Gasteiger partial charge is 0.0339 e. The van der Waals surface area contributed by atoms with Gasteiger partial charge in [0.1, 0.15) is 0 Å². The number of hydrogen-bond donors (Lipinski definition) is 0. The summed E-state index contributed by atoms with van der Waals surface area (Å²) in [5.41, 5.74) is 0.866. The highest BCUT2D eigenvalue weighted by Gasteiger charge is 2.48. The molecule has 0 aromatic heterocycles. The summed E-state index contributed by atoms with van der Waals surface area (Å²) < 4.78 is 0. The Morgan fingerprint density at radius 3 is 2.06 bits per heavy atom. The van der Waals surface area contributed by atoms with Gasteiger partial charge in [-0.3, -0.25) is 9.80 Å². The zero-order chi connectivity index (χ0) is 12.0. The quantitative estimate of drug-likeness (QED) is 0.676. The minimum atomic E-state index is 0.339. The average Bonchev–Trinajstić information content (AvgIpc) is 2.12. The van der Waals surface area contributed by atoms with Crippen LogP contribution in [0.5, 0.6) is 0 Å². The lowest BCUT2D eigenvalue weighted by atomic mass is 9.72. The highest BCUT2D eigenvalue weighted by atomic mass is 15.4. The van der Waals surface area contributed by atoms with E-state index in [0.29, 0.717) is 17.1 Å². The standard InChI is InChI=1S/C14H28N2/c1-12(2)16-10-9-15(13(3,4)5)11-14(16)7-6-8-14/h12H,6-11H2,1-5H3. The Morgan fingerprint density at radius 2 is 1.69 bits per heavy atom. The molecule has 2 fully saturated rings. The van der Waals surface area contributed by atoms with Crippen LogP contribution < -0.4 is 0 Å². The molecule has 0 aromatic rings. The molecule has 94 valence electrons. The molecule has 1 aliphatic carbocycles. The summed E-state index contributed by atoms with van der Waals surface area (Å²) in [4.78, 5) is 5.45. The lowest BCUT2D eigenvalue weighted by Crippen LogP contribution is -2.69. The van der Waals surface area contributed by atoms with Crippen molar-refractivity contribution in [2.75, 3.05) is 19.6 Å². The number of nitrogens with zero attached hydrogens (tertiary/aromatic N) is 2. The van der Waals surface area contributed by atoms with E-state index in [1.165, 1.54) is 38.9 Å². The molecular formula is C14H28N2. The van der Waals surface area contributed by atoms with Gasteiger partial charge in [0.15, 0.2) is 0 Å². The zero-order valence-electron chi connectivity index (χ0n) is 11.7. The Labute approximate surface area is 101 Å². The summed E-state index contributed by atoms with van der Waals surface area (Å²) in [7, 11) is 0. The molecule has 0 atom stereocenters. The second-order valence-corrected chi connectivity index (χ2v) is 6.96. The highest BCUT2D eigenvalue weighted by molar-refractivity contribution is 5.05. The molecular weight excluding hydrogens is 196 g/mol. The van der Waals surface area contributed by atoms with Crippen LogP contribution in [0.25, 0.3) is 0 Å². The number of rotatable bonds is 1. The second kappa shape index (κ2) is 3.99. The number of hydrogen-bond acceptors (Lipinski definition) is 2. The molecule has 1 saturated heterocycles. The van der Waals surface area contributed by atoms with Crippen LogP contribution in [0.4, 0.5) is 0 Å². The van der Waals surface area contributed by atoms with Gasteiger partial charge in [0.2, 0.25) is 0 Å². The van der Waals surface area contributed by atoms with Gasteiger partial charge >= 0.3 is 0 Å². The van der Waals surface area contributed by atoms with Crippen LogP contribution in [0.1, 0.15) is 53.9 Å². The van der Waals surface area contributed by atoms with Crippen molar-refractivity contribution in [2.45, 2.75) is 71.0 Å². The van der Waals surface area contributed by atoms with E-state index in [4.69, 9.17) is 0 Å². The summed E-state index contributed by atoms with van der Waals surface area (Å²) >= 11 is 0. The lowest BCUT2D eigenvalue weighted by Gasteiger charge is -2.59. The van der Waals surface area contributed by atoms with Gasteiger partial charge in [-0.1, -0.05) is 0 Å². The normalized spacial score (nSPS) is 27.4. The molecule has 1 heterocycles. The summed E-state index contributed by atoms with van der Waals surface area (Å²) in [6.07, 6.45) is 4.26. The Morgan fingerprint density at radius 1 is 1.06 bits per heavy atom. The van der Waals surface area contributed by atoms with Crippen LogP contribution in [0, 0.1) is 0 Å². The summed E-state index contributed by atoms with van der Waals surface area (Å²) in [5.74, 6) is 0. The van der Waals surface area contributed by atoms with E-state index in [1.54, 1.807) is 0 Å². The van der Waals surface area contributed by atoms with E-state index in [2.05, 4.69) is 44.4 Å². The molecule has 16 heavy (non-hydrogen) atoms. The van der Waals surface area contributed by atoms with E-state index in [-0.39, 0.29) is 0 Å². The molecule has 1 saturated carbocycles. The van der Waals surface area contributed by atoms with Crippen LogP contribution in [-0.2, 0) is 0 Å². The van der Waals surface area contributed by atoms with Gasteiger partial charge in [-0.2, -0.15) is 0 Å². The molecule has 2 rings (SSSR count). The van der Waals surface area contributed by atoms with Crippen molar-refractivity contribution in [3.8, 4) is 0 Å². The summed E-state index contributed by atoms with van der Waals surface area (Å²) in [6.45, 7) is 15.5. The summed E-state index contributed by atoms with van der Waals surface area (Å²) in [5, 5.41) is 0. The highest BCUT2D eigenvalue weighted by Crippen LogP contribution is 2.42. The molecule has 0 radical (unpaired) electrons. The van der Waals surface area contributed by atoms with Crippen molar-refractivity contribution in [1.82, 2.24) is 9.80 Å². The third-order valence-corrected chi connectivity index (χ3v) is 4.56. The fraction of sp³-hybridized carbons (Fsp3) is 1.00. The van der Waals surface area contributed by atoms with Gasteiger partial charge in [-0.05, 0) is 53.9 Å². The largest absolute Gasteiger partial charge is 0.295 e. The number of piperazine rings is 1. The van der Waals surface area contributed by atoms with E-state index in [0.717, 1.165) is 0 Å². The Bertz CT molecular complexity index is 248. The van der Waals surface area contributed by atoms with Gasteiger partial charge in [-0.15, -0.1) is 0 Å². The first-order valence-corrected chi connectivity index (χ1v) is 6.87. The fourth-order valence-corrected chi connectivity index (χ4v) is 3.40. The third kappa shape index (κ3) is 2.02. The topological polar surface area (TPSA) is 6.48 Å². The second-order valence-electron chi connectivity index (χ2n) is 6.96. The predicted molar refractivity (Wildman–Crippen MR) is 69.8 cm³/mol. The molecule has 2 heteroatoms. The minimum Gasteiger partial charge on any atom is -0.295 e. The molecule has 0 N–H and O–H groups in total. The van der Waals surface area contributed by atoms with Crippen LogP contribution in [0.2, 0.25) is 0 Å². The lowest BCUT2D eigenvalue weighted by molar-refractivity contribution is -0.0918. The van der Waals surface area contributed by atoms with Crippen LogP contribution in [0.3, 0.4) is 0 Å². The fourth-order valence-electron chi connectivity index (χ4n) is 3.40. The minimum absolute atomic E-state index is 0.339. The first-order chi connectivity index (χ1) is 7.35. The molecule has 0 unspecified atom stereocenters. The van der Waals surface area contributed by atoms with Crippen molar-refractivity contribution < 1.29 is 0 Å². The third-order valence-electron chi connectivity index (χ3n) is 4.56. The van der Waals surface area contributed by atoms with Crippen molar-refractivity contribution in [3.05, 3.63) is 0 Å². The Hall–Kier alpha value is -0.0800. The van der Waals surface area contributed by atoms with Gasteiger partial charge in [0, 0.05) is 36.8 Å². The predicted octanol–water partition coefficient (Wildman–Crippen LogP) is 2.73. The Balaban J connectivity index is 2.10. The SMILES string of the molecule is CC(C)N1CCN(C(C)(C)C)CC12CCC2. The van der Waals surface area contributed by atoms with Gasteiger partial charge in [-0.25, -0.2) is 0 Å². The van der Waals surface area contributed by atoms with Crippen LogP contribution in [-0.4, -0.2) is 46.6 Å². The van der Waals surface area contributed by atoms with E-state index in [1.807, 2.05) is 0 Å². The maximum atomic E-state index is 2.76. The monoisotopic (exact) mass is 224 g/mol. The van der Waals surface area contributed by atoms with Gasteiger partial charge < -0.3 is 0 Å². The Kier molecular flexibility index (Phi) is 3.09. The average molecular weight is 224 g/mol. The van der Waals surface area contributed by atoms with Crippen molar-refractivity contribution in [1.29, 1.82) is 0 Å². The molecule has 1 spiro atoms. The van der Waals surface area contributed by atoms with Gasteiger partial charge in [0.05, 0.1) is 0 Å².